The Kier molecular flexibility index (Phi) is 3.13. The second-order valence-electron chi connectivity index (χ2n) is 4.83. The summed E-state index contributed by atoms with van der Waals surface area (Å²) >= 11 is 0. The lowest BCUT2D eigenvalue weighted by atomic mass is 10.2. The number of nitrogens with zero attached hydrogens (tertiary/aromatic N) is 3. The molecule has 0 bridgehead atoms. The summed E-state index contributed by atoms with van der Waals surface area (Å²) in [5.41, 5.74) is 5.38. The molecule has 1 aliphatic rings. The van der Waals surface area contributed by atoms with Crippen molar-refractivity contribution in [3.63, 3.8) is 0 Å². The van der Waals surface area contributed by atoms with Gasteiger partial charge in [0.1, 0.15) is 23.8 Å². The number of aromatic amines is 1. The Balaban J connectivity index is 2.16. The number of hydrogen-bond donors (Lipinski definition) is 4. The van der Waals surface area contributed by atoms with Crippen molar-refractivity contribution < 1.29 is 14.9 Å². The summed E-state index contributed by atoms with van der Waals surface area (Å²) < 4.78 is 7.00. The highest BCUT2D eigenvalue weighted by molar-refractivity contribution is 5.83. The van der Waals surface area contributed by atoms with Crippen LogP contribution >= 0.6 is 0 Å². The van der Waals surface area contributed by atoms with Crippen LogP contribution in [0.5, 0.6) is 0 Å². The van der Waals surface area contributed by atoms with E-state index in [9.17, 15) is 9.90 Å². The fourth-order valence-electron chi connectivity index (χ4n) is 2.53. The SMILES string of the molecule is N#Cc1cn([C@@H]2C[C@H](O)[C@@H](CO)O2)c2nc(N)[nH]c(=O)c12. The Morgan fingerprint density at radius 2 is 2.43 bits per heavy atom. The summed E-state index contributed by atoms with van der Waals surface area (Å²) in [5.74, 6) is -0.0754. The number of H-pyrrole nitrogens is 1. The molecule has 0 amide bonds. The molecule has 3 heterocycles. The normalized spacial score (nSPS) is 25.3. The van der Waals surface area contributed by atoms with Gasteiger partial charge in [0.2, 0.25) is 5.95 Å². The van der Waals surface area contributed by atoms with E-state index in [0.29, 0.717) is 0 Å². The van der Waals surface area contributed by atoms with Crippen LogP contribution in [0.4, 0.5) is 5.95 Å². The van der Waals surface area contributed by atoms with Gasteiger partial charge in [0.25, 0.3) is 5.56 Å². The Labute approximate surface area is 118 Å². The molecule has 0 saturated carbocycles. The highest BCUT2D eigenvalue weighted by Crippen LogP contribution is 2.31. The molecule has 9 nitrogen and oxygen atoms in total. The van der Waals surface area contributed by atoms with Gasteiger partial charge in [-0.1, -0.05) is 0 Å². The molecule has 2 aromatic heterocycles. The van der Waals surface area contributed by atoms with Crippen molar-refractivity contribution in [3.8, 4) is 6.07 Å². The number of ether oxygens (including phenoxy) is 1. The van der Waals surface area contributed by atoms with E-state index < -0.39 is 24.0 Å². The minimum absolute atomic E-state index is 0.0754. The Morgan fingerprint density at radius 3 is 3.05 bits per heavy atom. The smallest absolute Gasteiger partial charge is 0.263 e. The molecule has 21 heavy (non-hydrogen) atoms. The average Bonchev–Trinajstić information content (AvgIpc) is 2.98. The number of fused-ring (bicyclic) bond motifs is 1. The quantitative estimate of drug-likeness (QED) is 0.543. The topological polar surface area (TPSA) is 150 Å². The minimum atomic E-state index is -0.831. The molecular formula is C12H13N5O4. The highest BCUT2D eigenvalue weighted by atomic mass is 16.5. The first-order chi connectivity index (χ1) is 10.0. The predicted octanol–water partition coefficient (Wildman–Crippen LogP) is -1.18. The van der Waals surface area contributed by atoms with Crippen LogP contribution in [0.2, 0.25) is 0 Å². The zero-order chi connectivity index (χ0) is 15.1. The van der Waals surface area contributed by atoms with Crippen LogP contribution in [0.25, 0.3) is 11.0 Å². The number of nitrogens with one attached hydrogen (secondary N) is 1. The second kappa shape index (κ2) is 4.85. The van der Waals surface area contributed by atoms with Crippen LogP contribution in [-0.4, -0.2) is 43.6 Å². The third kappa shape index (κ3) is 2.06. The number of aliphatic hydroxyl groups is 2. The summed E-state index contributed by atoms with van der Waals surface area (Å²) in [6.07, 6.45) is -0.521. The third-order valence-corrected chi connectivity index (χ3v) is 3.52. The lowest BCUT2D eigenvalue weighted by molar-refractivity contribution is -0.0430. The molecule has 5 N–H and O–H groups in total. The zero-order valence-corrected chi connectivity index (χ0v) is 10.9. The van der Waals surface area contributed by atoms with Crippen molar-refractivity contribution in [3.05, 3.63) is 22.1 Å². The van der Waals surface area contributed by atoms with Gasteiger partial charge in [-0.15, -0.1) is 0 Å². The number of rotatable bonds is 2. The van der Waals surface area contributed by atoms with E-state index >= 15 is 0 Å². The second-order valence-corrected chi connectivity index (χ2v) is 4.83. The van der Waals surface area contributed by atoms with Gasteiger partial charge in [-0.2, -0.15) is 10.2 Å². The number of hydrogen-bond acceptors (Lipinski definition) is 7. The minimum Gasteiger partial charge on any atom is -0.394 e. The van der Waals surface area contributed by atoms with E-state index in [2.05, 4.69) is 9.97 Å². The molecule has 110 valence electrons. The maximum atomic E-state index is 11.9. The molecule has 1 aliphatic heterocycles. The van der Waals surface area contributed by atoms with Gasteiger partial charge in [-0.3, -0.25) is 9.78 Å². The maximum Gasteiger partial charge on any atom is 0.263 e. The largest absolute Gasteiger partial charge is 0.394 e. The van der Waals surface area contributed by atoms with E-state index in [-0.39, 0.29) is 35.6 Å². The Bertz CT molecular complexity index is 789. The van der Waals surface area contributed by atoms with Crippen LogP contribution in [0, 0.1) is 11.3 Å². The van der Waals surface area contributed by atoms with Crippen LogP contribution in [0.15, 0.2) is 11.0 Å². The third-order valence-electron chi connectivity index (χ3n) is 3.52. The predicted molar refractivity (Wildman–Crippen MR) is 71.1 cm³/mol. The highest BCUT2D eigenvalue weighted by Gasteiger charge is 2.35. The van der Waals surface area contributed by atoms with Crippen LogP contribution in [-0.2, 0) is 4.74 Å². The van der Waals surface area contributed by atoms with Gasteiger partial charge in [0, 0.05) is 12.6 Å². The standard InChI is InChI=1S/C12H13N5O4/c13-2-5-3-17(8-1-6(19)7(4-18)21-8)10-9(5)11(20)16-12(14)15-10/h3,6-8,18-19H,1,4H2,(H3,14,15,16,20)/t6-,7+,8-/m0/s1. The van der Waals surface area contributed by atoms with Crippen LogP contribution in [0.3, 0.4) is 0 Å². The van der Waals surface area contributed by atoms with E-state index in [4.69, 9.17) is 20.8 Å². The molecule has 0 aliphatic carbocycles. The number of aliphatic hydroxyl groups excluding tert-OH is 2. The van der Waals surface area contributed by atoms with E-state index in [0.717, 1.165) is 0 Å². The molecule has 2 aromatic rings. The molecule has 0 radical (unpaired) electrons. The first-order valence-electron chi connectivity index (χ1n) is 6.30. The molecule has 9 heteroatoms. The van der Waals surface area contributed by atoms with Crippen molar-refractivity contribution in [2.75, 3.05) is 12.3 Å². The first kappa shape index (κ1) is 13.6. The summed E-state index contributed by atoms with van der Waals surface area (Å²) in [7, 11) is 0. The van der Waals surface area contributed by atoms with Crippen molar-refractivity contribution in [1.29, 1.82) is 5.26 Å². The lowest BCUT2D eigenvalue weighted by Crippen LogP contribution is -2.24. The van der Waals surface area contributed by atoms with Gasteiger partial charge >= 0.3 is 0 Å². The van der Waals surface area contributed by atoms with Crippen molar-refractivity contribution in [1.82, 2.24) is 14.5 Å². The summed E-state index contributed by atoms with van der Waals surface area (Å²) in [5, 5.41) is 28.2. The Morgan fingerprint density at radius 1 is 1.67 bits per heavy atom. The monoisotopic (exact) mass is 291 g/mol. The molecule has 3 rings (SSSR count). The first-order valence-corrected chi connectivity index (χ1v) is 6.30. The van der Waals surface area contributed by atoms with Crippen LogP contribution < -0.4 is 11.3 Å². The summed E-state index contributed by atoms with van der Waals surface area (Å²) in [6, 6.07) is 1.92. The zero-order valence-electron chi connectivity index (χ0n) is 10.9. The van der Waals surface area contributed by atoms with Gasteiger partial charge in [-0.25, -0.2) is 0 Å². The molecule has 0 spiro atoms. The number of nitriles is 1. The number of nitrogens with two attached hydrogens (primary N) is 1. The van der Waals surface area contributed by atoms with E-state index in [1.54, 1.807) is 0 Å². The van der Waals surface area contributed by atoms with Gasteiger partial charge in [0.15, 0.2) is 5.65 Å². The summed E-state index contributed by atoms with van der Waals surface area (Å²) in [4.78, 5) is 18.3. The fourth-order valence-corrected chi connectivity index (χ4v) is 2.53. The molecule has 0 aromatic carbocycles. The van der Waals surface area contributed by atoms with Crippen LogP contribution in [0.1, 0.15) is 18.2 Å². The van der Waals surface area contributed by atoms with Gasteiger partial charge in [-0.05, 0) is 0 Å². The molecule has 0 unspecified atom stereocenters. The van der Waals surface area contributed by atoms with Crippen molar-refractivity contribution >= 4 is 17.0 Å². The lowest BCUT2D eigenvalue weighted by Gasteiger charge is -2.14. The van der Waals surface area contributed by atoms with E-state index in [1.807, 2.05) is 6.07 Å². The van der Waals surface area contributed by atoms with Crippen molar-refractivity contribution in [2.45, 2.75) is 24.9 Å². The molecular weight excluding hydrogens is 278 g/mol. The molecule has 1 saturated heterocycles. The van der Waals surface area contributed by atoms with Crippen molar-refractivity contribution in [2.24, 2.45) is 0 Å². The number of nitrogen functional groups attached to an aromatic ring is 1. The fraction of sp³-hybridized carbons (Fsp3) is 0.417. The van der Waals surface area contributed by atoms with Gasteiger partial charge in [0.05, 0.1) is 18.3 Å². The molecule has 3 atom stereocenters. The molecule has 1 fully saturated rings. The van der Waals surface area contributed by atoms with Gasteiger partial charge < -0.3 is 25.3 Å². The Hall–Kier alpha value is -2.41. The number of aromatic nitrogens is 3. The summed E-state index contributed by atoms with van der Waals surface area (Å²) in [6.45, 7) is -0.321. The number of anilines is 1. The average molecular weight is 291 g/mol. The van der Waals surface area contributed by atoms with E-state index in [1.165, 1.54) is 10.8 Å². The maximum absolute atomic E-state index is 11.9.